The Hall–Kier alpha value is -2.52. The summed E-state index contributed by atoms with van der Waals surface area (Å²) in [5.74, 6) is -1.83. The third kappa shape index (κ3) is 4.79. The lowest BCUT2D eigenvalue weighted by atomic mass is 9.98. The summed E-state index contributed by atoms with van der Waals surface area (Å²) in [5.41, 5.74) is 0.745. The molecule has 1 N–H and O–H groups in total. The minimum atomic E-state index is -4.03. The van der Waals surface area contributed by atoms with Crippen LogP contribution in [0, 0.1) is 17.6 Å². The minimum Gasteiger partial charge on any atom is -0.495 e. The summed E-state index contributed by atoms with van der Waals surface area (Å²) in [6.45, 7) is 2.00. The van der Waals surface area contributed by atoms with Crippen LogP contribution in [-0.2, 0) is 14.8 Å². The molecule has 3 rings (SSSR count). The van der Waals surface area contributed by atoms with Gasteiger partial charge in [-0.05, 0) is 55.7 Å². The van der Waals surface area contributed by atoms with E-state index in [0.717, 1.165) is 17.7 Å². The maximum atomic E-state index is 13.7. The van der Waals surface area contributed by atoms with E-state index in [2.05, 4.69) is 5.32 Å². The molecule has 1 heterocycles. The highest BCUT2D eigenvalue weighted by Gasteiger charge is 2.35. The number of piperidine rings is 1. The van der Waals surface area contributed by atoms with Crippen LogP contribution in [0.2, 0.25) is 0 Å². The number of methoxy groups -OCH3 is 1. The van der Waals surface area contributed by atoms with Crippen LogP contribution in [0.15, 0.2) is 47.4 Å². The Morgan fingerprint density at radius 2 is 1.83 bits per heavy atom. The second-order valence-electron chi connectivity index (χ2n) is 7.28. The Morgan fingerprint density at radius 1 is 1.17 bits per heavy atom. The predicted octanol–water partition coefficient (Wildman–Crippen LogP) is 3.25. The number of nitrogens with zero attached hydrogens (tertiary/aromatic N) is 1. The van der Waals surface area contributed by atoms with Crippen LogP contribution in [-0.4, -0.2) is 38.8 Å². The van der Waals surface area contributed by atoms with Crippen molar-refractivity contribution in [3.05, 3.63) is 59.7 Å². The highest BCUT2D eigenvalue weighted by Crippen LogP contribution is 2.30. The van der Waals surface area contributed by atoms with Gasteiger partial charge in [-0.3, -0.25) is 4.79 Å². The van der Waals surface area contributed by atoms with E-state index in [9.17, 15) is 22.0 Å². The molecule has 0 saturated carbocycles. The number of amides is 1. The molecule has 1 aliphatic heterocycles. The largest absolute Gasteiger partial charge is 0.495 e. The molecule has 0 spiro atoms. The monoisotopic (exact) mass is 438 g/mol. The molecule has 1 aliphatic rings. The first-order chi connectivity index (χ1) is 14.2. The maximum absolute atomic E-state index is 13.7. The molecular formula is C21H24F2N2O4S. The van der Waals surface area contributed by atoms with Crippen molar-refractivity contribution in [2.45, 2.75) is 30.7 Å². The average Bonchev–Trinajstić information content (AvgIpc) is 2.74. The van der Waals surface area contributed by atoms with Gasteiger partial charge in [-0.15, -0.1) is 0 Å². The van der Waals surface area contributed by atoms with Crippen molar-refractivity contribution in [1.29, 1.82) is 0 Å². The van der Waals surface area contributed by atoms with Gasteiger partial charge in [0.15, 0.2) is 0 Å². The number of ether oxygens (including phenoxy) is 1. The van der Waals surface area contributed by atoms with Gasteiger partial charge < -0.3 is 10.1 Å². The number of hydrogen-bond donors (Lipinski definition) is 1. The van der Waals surface area contributed by atoms with Crippen molar-refractivity contribution in [2.24, 2.45) is 5.92 Å². The molecule has 162 valence electrons. The highest BCUT2D eigenvalue weighted by atomic mass is 32.2. The third-order valence-corrected chi connectivity index (χ3v) is 7.11. The van der Waals surface area contributed by atoms with E-state index < -0.39 is 21.8 Å². The highest BCUT2D eigenvalue weighted by molar-refractivity contribution is 7.89. The lowest BCUT2D eigenvalue weighted by Crippen LogP contribution is -2.45. The number of carbonyl (C=O) groups is 1. The predicted molar refractivity (Wildman–Crippen MR) is 107 cm³/mol. The number of halogens is 2. The van der Waals surface area contributed by atoms with Gasteiger partial charge in [0.25, 0.3) is 0 Å². The molecular weight excluding hydrogens is 414 g/mol. The van der Waals surface area contributed by atoms with Crippen LogP contribution < -0.4 is 10.1 Å². The van der Waals surface area contributed by atoms with E-state index >= 15 is 0 Å². The molecule has 6 nitrogen and oxygen atoms in total. The van der Waals surface area contributed by atoms with E-state index in [4.69, 9.17) is 4.74 Å². The normalized spacial score (nSPS) is 18.6. The summed E-state index contributed by atoms with van der Waals surface area (Å²) in [4.78, 5) is 12.5. The molecule has 0 aliphatic carbocycles. The molecule has 2 aromatic rings. The van der Waals surface area contributed by atoms with Crippen LogP contribution >= 0.6 is 0 Å². The number of rotatable bonds is 6. The lowest BCUT2D eigenvalue weighted by Gasteiger charge is -2.32. The minimum absolute atomic E-state index is 0.00995. The summed E-state index contributed by atoms with van der Waals surface area (Å²) < 4.78 is 59.2. The fourth-order valence-electron chi connectivity index (χ4n) is 3.53. The Balaban J connectivity index is 1.73. The molecule has 1 amide bonds. The van der Waals surface area contributed by atoms with Crippen molar-refractivity contribution in [3.63, 3.8) is 0 Å². The summed E-state index contributed by atoms with van der Waals surface area (Å²) in [5, 5.41) is 2.86. The summed E-state index contributed by atoms with van der Waals surface area (Å²) >= 11 is 0. The molecule has 1 saturated heterocycles. The van der Waals surface area contributed by atoms with Crippen LogP contribution in [0.5, 0.6) is 5.75 Å². The standard InChI is InChI=1S/C21H24F2N2O4S/c1-14(15-5-7-17(22)8-6-15)24-21(26)16-4-3-11-25(13-16)30(27,28)20-12-18(23)9-10-19(20)29-2/h5-10,12,14,16H,3-4,11,13H2,1-2H3,(H,24,26)/t14-,16-/m0/s1. The number of carbonyl (C=O) groups excluding carboxylic acids is 1. The molecule has 30 heavy (non-hydrogen) atoms. The molecule has 0 unspecified atom stereocenters. The zero-order valence-corrected chi connectivity index (χ0v) is 17.6. The Bertz CT molecular complexity index is 1010. The second kappa shape index (κ2) is 9.09. The van der Waals surface area contributed by atoms with Crippen molar-refractivity contribution in [3.8, 4) is 5.75 Å². The molecule has 0 radical (unpaired) electrons. The van der Waals surface area contributed by atoms with Gasteiger partial charge >= 0.3 is 0 Å². The van der Waals surface area contributed by atoms with Crippen LogP contribution in [0.3, 0.4) is 0 Å². The summed E-state index contributed by atoms with van der Waals surface area (Å²) in [7, 11) is -2.72. The van der Waals surface area contributed by atoms with Gasteiger partial charge in [0.05, 0.1) is 19.1 Å². The van der Waals surface area contributed by atoms with Gasteiger partial charge in [-0.2, -0.15) is 4.31 Å². The van der Waals surface area contributed by atoms with Gasteiger partial charge in [0, 0.05) is 13.1 Å². The summed E-state index contributed by atoms with van der Waals surface area (Å²) in [6.07, 6.45) is 1.04. The Morgan fingerprint density at radius 3 is 2.50 bits per heavy atom. The molecule has 0 bridgehead atoms. The molecule has 9 heteroatoms. The van der Waals surface area contributed by atoms with E-state index in [1.54, 1.807) is 19.1 Å². The van der Waals surface area contributed by atoms with Crippen molar-refractivity contribution >= 4 is 15.9 Å². The third-order valence-electron chi connectivity index (χ3n) is 5.23. The maximum Gasteiger partial charge on any atom is 0.246 e. The number of benzene rings is 2. The van der Waals surface area contributed by atoms with E-state index in [1.165, 1.54) is 29.6 Å². The van der Waals surface area contributed by atoms with Gasteiger partial charge in [0.1, 0.15) is 22.3 Å². The van der Waals surface area contributed by atoms with E-state index in [-0.39, 0.29) is 41.5 Å². The SMILES string of the molecule is COc1ccc(F)cc1S(=O)(=O)N1CCC[C@H](C(=O)N[C@@H](C)c2ccc(F)cc2)C1. The average molecular weight is 438 g/mol. The van der Waals surface area contributed by atoms with Crippen molar-refractivity contribution in [2.75, 3.05) is 20.2 Å². The number of sulfonamides is 1. The van der Waals surface area contributed by atoms with Gasteiger partial charge in [0.2, 0.25) is 15.9 Å². The summed E-state index contributed by atoms with van der Waals surface area (Å²) in [6, 6.07) is 8.78. The smallest absolute Gasteiger partial charge is 0.246 e. The Kier molecular flexibility index (Phi) is 6.72. The van der Waals surface area contributed by atoms with Crippen LogP contribution in [0.4, 0.5) is 8.78 Å². The molecule has 2 atom stereocenters. The number of hydrogen-bond acceptors (Lipinski definition) is 4. The zero-order chi connectivity index (χ0) is 21.9. The fraction of sp³-hybridized carbons (Fsp3) is 0.381. The van der Waals surface area contributed by atoms with Crippen LogP contribution in [0.25, 0.3) is 0 Å². The molecule has 2 aromatic carbocycles. The fourth-order valence-corrected chi connectivity index (χ4v) is 5.22. The van der Waals surface area contributed by atoms with E-state index in [1.807, 2.05) is 0 Å². The zero-order valence-electron chi connectivity index (χ0n) is 16.8. The van der Waals surface area contributed by atoms with E-state index in [0.29, 0.717) is 12.8 Å². The molecule has 0 aromatic heterocycles. The van der Waals surface area contributed by atoms with Crippen LogP contribution in [0.1, 0.15) is 31.4 Å². The lowest BCUT2D eigenvalue weighted by molar-refractivity contribution is -0.126. The van der Waals surface area contributed by atoms with Gasteiger partial charge in [-0.1, -0.05) is 12.1 Å². The van der Waals surface area contributed by atoms with Gasteiger partial charge in [-0.25, -0.2) is 17.2 Å². The second-order valence-corrected chi connectivity index (χ2v) is 9.19. The first-order valence-corrected chi connectivity index (χ1v) is 11.1. The van der Waals surface area contributed by atoms with Crippen molar-refractivity contribution in [1.82, 2.24) is 9.62 Å². The quantitative estimate of drug-likeness (QED) is 0.751. The molecule has 1 fully saturated rings. The van der Waals surface area contributed by atoms with Crippen molar-refractivity contribution < 1.29 is 26.7 Å². The first kappa shape index (κ1) is 22.2. The number of nitrogens with one attached hydrogen (secondary N) is 1. The topological polar surface area (TPSA) is 75.7 Å². The first-order valence-electron chi connectivity index (χ1n) is 9.62. The Labute approximate surface area is 174 Å².